The van der Waals surface area contributed by atoms with Gasteiger partial charge >= 0.3 is 20.7 Å². The maximum Gasteiger partial charge on any atom is 0.547 e. The normalized spacial score (nSPS) is 15.6. The first-order valence-electron chi connectivity index (χ1n) is 11.0. The van der Waals surface area contributed by atoms with Crippen LogP contribution in [0.3, 0.4) is 0 Å². The van der Waals surface area contributed by atoms with Crippen LogP contribution in [0.15, 0.2) is 60.8 Å². The number of amides is 2. The Morgan fingerprint density at radius 2 is 1.82 bits per heavy atom. The van der Waals surface area contributed by atoms with Crippen molar-refractivity contribution in [1.29, 1.82) is 0 Å². The molecule has 38 heavy (non-hydrogen) atoms. The summed E-state index contributed by atoms with van der Waals surface area (Å²) >= 11 is 5.82. The van der Waals surface area contributed by atoms with Crippen LogP contribution in [0.2, 0.25) is 5.02 Å². The van der Waals surface area contributed by atoms with E-state index in [1.54, 1.807) is 6.07 Å². The van der Waals surface area contributed by atoms with E-state index in [9.17, 15) is 38.9 Å². The molecule has 2 atom stereocenters. The molecule has 0 saturated heterocycles. The topological polar surface area (TPSA) is 195 Å². The van der Waals surface area contributed by atoms with Crippen molar-refractivity contribution in [2.75, 3.05) is 0 Å². The van der Waals surface area contributed by atoms with Crippen molar-refractivity contribution in [1.82, 2.24) is 15.6 Å². The number of aromatic carboxylic acids is 1. The predicted molar refractivity (Wildman–Crippen MR) is 135 cm³/mol. The van der Waals surface area contributed by atoms with Crippen LogP contribution in [0.1, 0.15) is 38.0 Å². The van der Waals surface area contributed by atoms with Gasteiger partial charge in [0.2, 0.25) is 5.91 Å². The minimum atomic E-state index is -4.55. The first-order valence-corrected chi connectivity index (χ1v) is 13.0. The van der Waals surface area contributed by atoms with Gasteiger partial charge in [-0.1, -0.05) is 35.9 Å². The number of hydrogen-bond acceptors (Lipinski definition) is 7. The maximum absolute atomic E-state index is 13.4. The lowest BCUT2D eigenvalue weighted by atomic mass is 9.72. The van der Waals surface area contributed by atoms with Crippen molar-refractivity contribution in [3.05, 3.63) is 88.2 Å². The molecule has 1 aliphatic heterocycles. The molecule has 15 heteroatoms. The third-order valence-corrected chi connectivity index (χ3v) is 6.93. The highest BCUT2D eigenvalue weighted by atomic mass is 35.5. The van der Waals surface area contributed by atoms with Crippen LogP contribution in [0.25, 0.3) is 0 Å². The molecule has 0 radical (unpaired) electrons. The largest absolute Gasteiger partial charge is 0.547 e. The highest BCUT2D eigenvalue weighted by molar-refractivity contribution is 7.60. The molecule has 1 aliphatic rings. The van der Waals surface area contributed by atoms with E-state index in [-0.39, 0.29) is 34.3 Å². The number of benzene rings is 2. The molecular formula is C23H20BClN3O9P. The Morgan fingerprint density at radius 1 is 1.11 bits per heavy atom. The van der Waals surface area contributed by atoms with Crippen molar-refractivity contribution < 1.29 is 43.5 Å². The minimum Gasteiger partial charge on any atom is -0.534 e. The molecule has 1 aromatic heterocycles. The first-order chi connectivity index (χ1) is 17.9. The van der Waals surface area contributed by atoms with E-state index in [1.165, 1.54) is 42.6 Å². The van der Waals surface area contributed by atoms with E-state index in [4.69, 9.17) is 16.3 Å². The Bertz CT molecular complexity index is 1430. The summed E-state index contributed by atoms with van der Waals surface area (Å²) in [4.78, 5) is 60.4. The standard InChI is InChI=1S/C23H20BClN3O9P/c25-14-6-9-17(26-11-14)21(29)28-19(12-4-7-15(8-5-12)38(34,35)36)22(30)27-18-10-13-2-1-3-16(23(31)32)20(13)37-24(18)33/h1-9,11,18-19,33H,10H2,(H,27,30)(H,28,29)(H,31,32)(H2,34,35,36)/t18-,19?/m0/s1. The number of pyridine rings is 1. The number of hydrogen-bond donors (Lipinski definition) is 6. The quantitative estimate of drug-likeness (QED) is 0.178. The van der Waals surface area contributed by atoms with Gasteiger partial charge < -0.3 is 35.2 Å². The molecule has 0 bridgehead atoms. The van der Waals surface area contributed by atoms with Crippen molar-refractivity contribution >= 4 is 49.4 Å². The number of carboxylic acid groups (broad SMARTS) is 1. The lowest BCUT2D eigenvalue weighted by Gasteiger charge is -2.30. The summed E-state index contributed by atoms with van der Waals surface area (Å²) in [6.45, 7) is 0. The van der Waals surface area contributed by atoms with Crippen molar-refractivity contribution in [3.8, 4) is 5.75 Å². The third-order valence-electron chi connectivity index (χ3n) is 5.74. The average Bonchev–Trinajstić information content (AvgIpc) is 2.87. The Labute approximate surface area is 220 Å². The fourth-order valence-corrected chi connectivity index (χ4v) is 4.51. The van der Waals surface area contributed by atoms with Gasteiger partial charge in [0.15, 0.2) is 0 Å². The summed E-state index contributed by atoms with van der Waals surface area (Å²) in [5.74, 6) is -3.78. The summed E-state index contributed by atoms with van der Waals surface area (Å²) in [6.07, 6.45) is 1.28. The van der Waals surface area contributed by atoms with Crippen LogP contribution in [-0.4, -0.2) is 55.7 Å². The average molecular weight is 560 g/mol. The number of fused-ring (bicyclic) bond motifs is 1. The molecule has 196 valence electrons. The van der Waals surface area contributed by atoms with Crippen molar-refractivity contribution in [2.45, 2.75) is 18.4 Å². The molecule has 6 N–H and O–H groups in total. The van der Waals surface area contributed by atoms with Gasteiger partial charge in [0.05, 0.1) is 21.8 Å². The van der Waals surface area contributed by atoms with E-state index in [2.05, 4.69) is 15.6 Å². The number of nitrogens with zero attached hydrogens (tertiary/aromatic N) is 1. The van der Waals surface area contributed by atoms with E-state index in [0.29, 0.717) is 10.6 Å². The fourth-order valence-electron chi connectivity index (χ4n) is 3.86. The van der Waals surface area contributed by atoms with Crippen molar-refractivity contribution in [3.63, 3.8) is 0 Å². The number of aromatic nitrogens is 1. The minimum absolute atomic E-state index is 0.00955. The SMILES string of the molecule is O=C(NC(C(=O)N[C@H]1Cc2cccc(C(=O)O)c2OB1O)c1ccc(P(=O)(O)O)cc1)c1ccc(Cl)cn1. The monoisotopic (exact) mass is 559 g/mol. The zero-order valence-electron chi connectivity index (χ0n) is 19.3. The molecule has 2 heterocycles. The Balaban J connectivity index is 1.60. The zero-order valence-corrected chi connectivity index (χ0v) is 21.0. The van der Waals surface area contributed by atoms with Gasteiger partial charge in [-0.25, -0.2) is 9.78 Å². The Kier molecular flexibility index (Phi) is 7.86. The Hall–Kier alpha value is -3.74. The number of rotatable bonds is 7. The molecule has 2 amide bonds. The molecule has 0 spiro atoms. The second kappa shape index (κ2) is 10.9. The third kappa shape index (κ3) is 6.04. The molecule has 4 rings (SSSR count). The van der Waals surface area contributed by atoms with Gasteiger partial charge in [-0.15, -0.1) is 0 Å². The summed E-state index contributed by atoms with van der Waals surface area (Å²) in [5, 5.41) is 25.0. The van der Waals surface area contributed by atoms with Crippen LogP contribution in [-0.2, 0) is 15.8 Å². The molecule has 3 aromatic rings. The second-order valence-electron chi connectivity index (χ2n) is 8.33. The maximum atomic E-state index is 13.4. The summed E-state index contributed by atoms with van der Waals surface area (Å²) < 4.78 is 17.0. The molecule has 2 aromatic carbocycles. The second-order valence-corrected chi connectivity index (χ2v) is 10.4. The van der Waals surface area contributed by atoms with E-state index >= 15 is 0 Å². The van der Waals surface area contributed by atoms with Crippen molar-refractivity contribution in [2.24, 2.45) is 0 Å². The van der Waals surface area contributed by atoms with Crippen LogP contribution in [0.4, 0.5) is 0 Å². The van der Waals surface area contributed by atoms with Crippen LogP contribution < -0.4 is 20.6 Å². The molecular weight excluding hydrogens is 540 g/mol. The highest BCUT2D eigenvalue weighted by Gasteiger charge is 2.39. The first kappa shape index (κ1) is 27.3. The van der Waals surface area contributed by atoms with Gasteiger partial charge in [-0.3, -0.25) is 14.2 Å². The van der Waals surface area contributed by atoms with Gasteiger partial charge in [-0.05, 0) is 47.9 Å². The lowest BCUT2D eigenvalue weighted by molar-refractivity contribution is -0.123. The number of carboxylic acids is 1. The molecule has 1 unspecified atom stereocenters. The van der Waals surface area contributed by atoms with Gasteiger partial charge in [-0.2, -0.15) is 0 Å². The van der Waals surface area contributed by atoms with Gasteiger partial charge in [0, 0.05) is 6.20 Å². The smallest absolute Gasteiger partial charge is 0.534 e. The van der Waals surface area contributed by atoms with Gasteiger partial charge in [0.25, 0.3) is 5.91 Å². The Morgan fingerprint density at radius 3 is 2.42 bits per heavy atom. The summed E-state index contributed by atoms with van der Waals surface area (Å²) in [5.41, 5.74) is 0.437. The molecule has 0 aliphatic carbocycles. The number of carbonyl (C=O) groups excluding carboxylic acids is 2. The van der Waals surface area contributed by atoms with Crippen LogP contribution >= 0.6 is 19.2 Å². The number of nitrogens with one attached hydrogen (secondary N) is 2. The zero-order chi connectivity index (χ0) is 27.6. The lowest BCUT2D eigenvalue weighted by Crippen LogP contribution is -2.55. The molecule has 12 nitrogen and oxygen atoms in total. The van der Waals surface area contributed by atoms with E-state index in [0.717, 1.165) is 12.1 Å². The van der Waals surface area contributed by atoms with Crippen LogP contribution in [0, 0.1) is 0 Å². The fraction of sp³-hybridized carbons (Fsp3) is 0.130. The van der Waals surface area contributed by atoms with E-state index in [1.807, 2.05) is 0 Å². The number of carbonyl (C=O) groups is 3. The number of halogens is 1. The van der Waals surface area contributed by atoms with E-state index < -0.39 is 44.5 Å². The van der Waals surface area contributed by atoms with Gasteiger partial charge in [0.1, 0.15) is 17.5 Å². The molecule has 0 saturated carbocycles. The summed E-state index contributed by atoms with van der Waals surface area (Å²) in [7, 11) is -6.15. The molecule has 0 fully saturated rings. The van der Waals surface area contributed by atoms with Crippen LogP contribution in [0.5, 0.6) is 5.75 Å². The predicted octanol–water partition coefficient (Wildman–Crippen LogP) is 0.847. The highest BCUT2D eigenvalue weighted by Crippen LogP contribution is 2.33. The summed E-state index contributed by atoms with van der Waals surface area (Å²) in [6, 6.07) is 10.6. The number of para-hydroxylation sites is 1.